The maximum absolute atomic E-state index is 13.3. The Morgan fingerprint density at radius 1 is 1.27 bits per heavy atom. The fourth-order valence-corrected chi connectivity index (χ4v) is 1.49. The van der Waals surface area contributed by atoms with Gasteiger partial charge in [0.1, 0.15) is 17.4 Å². The SMILES string of the molecule is Cc1cnc(N=C/C=C(\N)Oc2ccc(N)c(F)c2)cc1F. The van der Waals surface area contributed by atoms with E-state index in [9.17, 15) is 8.78 Å². The summed E-state index contributed by atoms with van der Waals surface area (Å²) < 4.78 is 31.7. The molecule has 0 spiro atoms. The van der Waals surface area contributed by atoms with E-state index >= 15 is 0 Å². The van der Waals surface area contributed by atoms with Crippen LogP contribution in [0.3, 0.4) is 0 Å². The van der Waals surface area contributed by atoms with Gasteiger partial charge in [-0.15, -0.1) is 0 Å². The van der Waals surface area contributed by atoms with Crippen molar-refractivity contribution in [1.29, 1.82) is 0 Å². The fourth-order valence-electron chi connectivity index (χ4n) is 1.49. The first-order valence-electron chi connectivity index (χ1n) is 6.30. The number of benzene rings is 1. The molecule has 0 aliphatic rings. The molecule has 2 rings (SSSR count). The van der Waals surface area contributed by atoms with E-state index < -0.39 is 11.6 Å². The van der Waals surface area contributed by atoms with Crippen LogP contribution in [0.15, 0.2) is 47.4 Å². The molecule has 4 N–H and O–H groups in total. The maximum atomic E-state index is 13.3. The minimum Gasteiger partial charge on any atom is -0.441 e. The van der Waals surface area contributed by atoms with Crippen molar-refractivity contribution in [3.8, 4) is 5.75 Å². The number of hydrogen-bond donors (Lipinski definition) is 2. The van der Waals surface area contributed by atoms with Gasteiger partial charge in [0.2, 0.25) is 0 Å². The molecule has 2 aromatic rings. The van der Waals surface area contributed by atoms with E-state index in [1.807, 2.05) is 0 Å². The summed E-state index contributed by atoms with van der Waals surface area (Å²) in [6.07, 6.45) is 4.02. The summed E-state index contributed by atoms with van der Waals surface area (Å²) >= 11 is 0. The lowest BCUT2D eigenvalue weighted by Crippen LogP contribution is -2.06. The third-order valence-electron chi connectivity index (χ3n) is 2.68. The van der Waals surface area contributed by atoms with Crippen LogP contribution in [0.1, 0.15) is 5.56 Å². The molecule has 5 nitrogen and oxygen atoms in total. The molecule has 22 heavy (non-hydrogen) atoms. The van der Waals surface area contributed by atoms with Gasteiger partial charge in [0.15, 0.2) is 11.7 Å². The monoisotopic (exact) mass is 304 g/mol. The first-order valence-corrected chi connectivity index (χ1v) is 6.30. The summed E-state index contributed by atoms with van der Waals surface area (Å²) in [4.78, 5) is 7.84. The zero-order valence-electron chi connectivity index (χ0n) is 11.8. The number of nitrogen functional groups attached to an aromatic ring is 1. The third kappa shape index (κ3) is 4.02. The smallest absolute Gasteiger partial charge is 0.192 e. The first kappa shape index (κ1) is 15.4. The Labute approximate surface area is 125 Å². The molecule has 0 bridgehead atoms. The normalized spacial score (nSPS) is 11.9. The minimum atomic E-state index is -0.599. The molecule has 0 saturated carbocycles. The number of ether oxygens (including phenoxy) is 1. The van der Waals surface area contributed by atoms with Crippen LogP contribution >= 0.6 is 0 Å². The van der Waals surface area contributed by atoms with Crippen LogP contribution in [-0.4, -0.2) is 11.2 Å². The molecule has 0 atom stereocenters. The van der Waals surface area contributed by atoms with Crippen LogP contribution in [0, 0.1) is 18.6 Å². The molecule has 0 fully saturated rings. The van der Waals surface area contributed by atoms with Gasteiger partial charge in [-0.05, 0) is 19.1 Å². The molecule has 0 saturated heterocycles. The Bertz CT molecular complexity index is 744. The largest absolute Gasteiger partial charge is 0.441 e. The quantitative estimate of drug-likeness (QED) is 0.516. The molecule has 7 heteroatoms. The number of nitrogens with zero attached hydrogens (tertiary/aromatic N) is 2. The molecule has 1 aromatic heterocycles. The number of aryl methyl sites for hydroxylation is 1. The summed E-state index contributed by atoms with van der Waals surface area (Å²) in [6.45, 7) is 1.60. The van der Waals surface area contributed by atoms with Crippen LogP contribution in [0.4, 0.5) is 20.3 Å². The highest BCUT2D eigenvalue weighted by Crippen LogP contribution is 2.19. The van der Waals surface area contributed by atoms with Gasteiger partial charge >= 0.3 is 0 Å². The van der Waals surface area contributed by atoms with Gasteiger partial charge in [-0.25, -0.2) is 18.8 Å². The second-order valence-corrected chi connectivity index (χ2v) is 4.42. The third-order valence-corrected chi connectivity index (χ3v) is 2.68. The van der Waals surface area contributed by atoms with Crippen molar-refractivity contribution in [2.24, 2.45) is 10.7 Å². The molecule has 0 aliphatic carbocycles. The highest BCUT2D eigenvalue weighted by atomic mass is 19.1. The van der Waals surface area contributed by atoms with Crippen molar-refractivity contribution in [2.45, 2.75) is 6.92 Å². The fraction of sp³-hybridized carbons (Fsp3) is 0.0667. The second kappa shape index (κ2) is 6.66. The number of allylic oxidation sites excluding steroid dienone is 1. The summed E-state index contributed by atoms with van der Waals surface area (Å²) in [7, 11) is 0. The summed E-state index contributed by atoms with van der Waals surface area (Å²) in [5.74, 6) is -0.606. The molecular weight excluding hydrogens is 290 g/mol. The lowest BCUT2D eigenvalue weighted by Gasteiger charge is -2.05. The van der Waals surface area contributed by atoms with E-state index in [4.69, 9.17) is 16.2 Å². The number of rotatable bonds is 4. The van der Waals surface area contributed by atoms with Gasteiger partial charge in [0.25, 0.3) is 0 Å². The van der Waals surface area contributed by atoms with Gasteiger partial charge < -0.3 is 16.2 Å². The highest BCUT2D eigenvalue weighted by molar-refractivity contribution is 5.74. The van der Waals surface area contributed by atoms with E-state index in [1.54, 1.807) is 6.92 Å². The Morgan fingerprint density at radius 2 is 2.05 bits per heavy atom. The summed E-state index contributed by atoms with van der Waals surface area (Å²) in [5, 5.41) is 0. The number of pyridine rings is 1. The van der Waals surface area contributed by atoms with Crippen molar-refractivity contribution in [3.63, 3.8) is 0 Å². The zero-order chi connectivity index (χ0) is 16.1. The molecule has 0 aliphatic heterocycles. The lowest BCUT2D eigenvalue weighted by molar-refractivity contribution is 0.418. The molecule has 0 radical (unpaired) electrons. The topological polar surface area (TPSA) is 86.5 Å². The minimum absolute atomic E-state index is 0.0134. The average molecular weight is 304 g/mol. The highest BCUT2D eigenvalue weighted by Gasteiger charge is 2.02. The predicted octanol–water partition coefficient (Wildman–Crippen LogP) is 2.83. The molecular formula is C15H14F2N4O. The van der Waals surface area contributed by atoms with Crippen LogP contribution in [0.2, 0.25) is 0 Å². The summed E-state index contributed by atoms with van der Waals surface area (Å²) in [5.41, 5.74) is 11.4. The number of aliphatic imine (C=N–C) groups is 1. The predicted molar refractivity (Wildman–Crippen MR) is 80.8 cm³/mol. The van der Waals surface area contributed by atoms with E-state index in [0.29, 0.717) is 5.56 Å². The standard InChI is InChI=1S/C15H14F2N4O/c1-9-8-21-15(7-11(9)16)20-5-4-14(19)22-10-2-3-13(18)12(17)6-10/h2-8H,18-19H2,1H3/b14-4+,20-5?. The van der Waals surface area contributed by atoms with E-state index in [0.717, 1.165) is 6.07 Å². The first-order chi connectivity index (χ1) is 10.5. The van der Waals surface area contributed by atoms with Gasteiger partial charge in [-0.2, -0.15) is 0 Å². The van der Waals surface area contributed by atoms with Crippen molar-refractivity contribution < 1.29 is 13.5 Å². The van der Waals surface area contributed by atoms with Gasteiger partial charge in [0, 0.05) is 36.2 Å². The molecule has 0 amide bonds. The van der Waals surface area contributed by atoms with E-state index in [2.05, 4.69) is 9.98 Å². The van der Waals surface area contributed by atoms with Crippen LogP contribution in [0.5, 0.6) is 5.75 Å². The lowest BCUT2D eigenvalue weighted by atomic mass is 10.3. The van der Waals surface area contributed by atoms with E-state index in [-0.39, 0.29) is 23.1 Å². The number of aromatic nitrogens is 1. The number of anilines is 1. The Kier molecular flexibility index (Phi) is 4.67. The maximum Gasteiger partial charge on any atom is 0.192 e. The van der Waals surface area contributed by atoms with Crippen molar-refractivity contribution in [1.82, 2.24) is 4.98 Å². The number of nitrogens with two attached hydrogens (primary N) is 2. The van der Waals surface area contributed by atoms with Crippen molar-refractivity contribution in [3.05, 3.63) is 59.6 Å². The zero-order valence-corrected chi connectivity index (χ0v) is 11.8. The van der Waals surface area contributed by atoms with Crippen LogP contribution < -0.4 is 16.2 Å². The molecule has 0 unspecified atom stereocenters. The Balaban J connectivity index is 2.03. The average Bonchev–Trinajstić information content (AvgIpc) is 2.47. The Hall–Kier alpha value is -2.96. The molecule has 114 valence electrons. The van der Waals surface area contributed by atoms with Gasteiger partial charge in [-0.3, -0.25) is 0 Å². The number of halogens is 2. The van der Waals surface area contributed by atoms with E-state index in [1.165, 1.54) is 36.7 Å². The van der Waals surface area contributed by atoms with Crippen molar-refractivity contribution in [2.75, 3.05) is 5.73 Å². The number of hydrogen-bond acceptors (Lipinski definition) is 5. The summed E-state index contributed by atoms with van der Waals surface area (Å²) in [6, 6.07) is 5.16. The van der Waals surface area contributed by atoms with Crippen LogP contribution in [-0.2, 0) is 0 Å². The van der Waals surface area contributed by atoms with Gasteiger partial charge in [0.05, 0.1) is 5.69 Å². The second-order valence-electron chi connectivity index (χ2n) is 4.42. The Morgan fingerprint density at radius 3 is 2.73 bits per heavy atom. The van der Waals surface area contributed by atoms with Crippen LogP contribution in [0.25, 0.3) is 0 Å². The molecule has 1 aromatic carbocycles. The van der Waals surface area contributed by atoms with Gasteiger partial charge in [-0.1, -0.05) is 0 Å². The molecule has 1 heterocycles. The van der Waals surface area contributed by atoms with Crippen molar-refractivity contribution >= 4 is 17.7 Å².